The van der Waals surface area contributed by atoms with Gasteiger partial charge in [-0.05, 0) is 50.2 Å². The van der Waals surface area contributed by atoms with Crippen molar-refractivity contribution < 1.29 is 9.59 Å². The van der Waals surface area contributed by atoms with Crippen LogP contribution >= 0.6 is 0 Å². The van der Waals surface area contributed by atoms with Crippen molar-refractivity contribution in [1.29, 1.82) is 0 Å². The number of nitrogens with one attached hydrogen (secondary N) is 2. The number of benzene rings is 2. The van der Waals surface area contributed by atoms with E-state index in [0.717, 1.165) is 31.2 Å². The number of rotatable bonds is 9. The lowest BCUT2D eigenvalue weighted by Crippen LogP contribution is -2.39. The lowest BCUT2D eigenvalue weighted by Gasteiger charge is -2.26. The molecule has 230 valence electrons. The van der Waals surface area contributed by atoms with Crippen molar-refractivity contribution in [3.63, 3.8) is 0 Å². The molecule has 0 radical (unpaired) electrons. The second kappa shape index (κ2) is 28.4. The van der Waals surface area contributed by atoms with Crippen LogP contribution in [0.25, 0.3) is 0 Å². The van der Waals surface area contributed by atoms with Crippen molar-refractivity contribution in [1.82, 2.24) is 10.6 Å². The van der Waals surface area contributed by atoms with Gasteiger partial charge in [0.2, 0.25) is 12.3 Å². The van der Waals surface area contributed by atoms with E-state index in [4.69, 9.17) is 5.73 Å². The summed E-state index contributed by atoms with van der Waals surface area (Å²) >= 11 is 0. The Balaban J connectivity index is 0. The summed E-state index contributed by atoms with van der Waals surface area (Å²) in [5, 5.41) is 5.77. The summed E-state index contributed by atoms with van der Waals surface area (Å²) < 4.78 is 0. The summed E-state index contributed by atoms with van der Waals surface area (Å²) in [6.07, 6.45) is 12.8. The monoisotopic (exact) mass is 565 g/mol. The highest BCUT2D eigenvalue weighted by Crippen LogP contribution is 2.28. The molecule has 4 unspecified atom stereocenters. The Labute approximate surface area is 252 Å². The third-order valence-corrected chi connectivity index (χ3v) is 5.99. The summed E-state index contributed by atoms with van der Waals surface area (Å²) in [6.45, 7) is 18.3. The Hall–Kier alpha value is -3.18. The van der Waals surface area contributed by atoms with E-state index in [9.17, 15) is 9.59 Å². The normalized spacial score (nSPS) is 16.7. The molecule has 0 bridgehead atoms. The average molecular weight is 566 g/mol. The maximum Gasteiger partial charge on any atom is 0.223 e. The van der Waals surface area contributed by atoms with Crippen LogP contribution in [-0.4, -0.2) is 24.9 Å². The van der Waals surface area contributed by atoms with Crippen LogP contribution in [0.2, 0.25) is 0 Å². The molecule has 5 nitrogen and oxygen atoms in total. The second-order valence-electron chi connectivity index (χ2n) is 10.1. The maximum absolute atomic E-state index is 12.3. The fourth-order valence-electron chi connectivity index (χ4n) is 4.18. The molecule has 3 rings (SSSR count). The Bertz CT molecular complexity index is 898. The maximum atomic E-state index is 12.3. The Morgan fingerprint density at radius 2 is 1.61 bits per heavy atom. The summed E-state index contributed by atoms with van der Waals surface area (Å²) in [6, 6.07) is 20.1. The highest BCUT2D eigenvalue weighted by atomic mass is 16.2. The fourth-order valence-corrected chi connectivity index (χ4v) is 4.18. The second-order valence-corrected chi connectivity index (χ2v) is 10.1. The molecule has 1 fully saturated rings. The molecule has 2 aromatic rings. The van der Waals surface area contributed by atoms with Gasteiger partial charge in [0, 0.05) is 18.5 Å². The van der Waals surface area contributed by atoms with Gasteiger partial charge in [0.05, 0.1) is 6.04 Å². The average Bonchev–Trinajstić information content (AvgIpc) is 2.98. The number of hydrogen-bond donors (Lipinski definition) is 3. The van der Waals surface area contributed by atoms with Crippen LogP contribution in [0.4, 0.5) is 0 Å². The van der Waals surface area contributed by atoms with Gasteiger partial charge in [0.15, 0.2) is 0 Å². The largest absolute Gasteiger partial charge is 0.353 e. The van der Waals surface area contributed by atoms with Gasteiger partial charge >= 0.3 is 0 Å². The molecule has 0 spiro atoms. The van der Waals surface area contributed by atoms with Crippen LogP contribution in [0.5, 0.6) is 0 Å². The quantitative estimate of drug-likeness (QED) is 0.212. The van der Waals surface area contributed by atoms with Gasteiger partial charge in [-0.3, -0.25) is 9.59 Å². The van der Waals surface area contributed by atoms with Crippen LogP contribution < -0.4 is 16.4 Å². The molecule has 0 aliphatic heterocycles. The number of carbonyl (C=O) groups excluding carboxylic acids is 2. The molecule has 0 heterocycles. The Morgan fingerprint density at radius 3 is 2.05 bits per heavy atom. The van der Waals surface area contributed by atoms with E-state index in [1.54, 1.807) is 6.08 Å². The molecular formula is C36H59N3O2. The minimum atomic E-state index is -0.173. The zero-order valence-electron chi connectivity index (χ0n) is 26.9. The molecule has 5 heteroatoms. The van der Waals surface area contributed by atoms with E-state index < -0.39 is 0 Å². The molecule has 0 aromatic heterocycles. The van der Waals surface area contributed by atoms with Gasteiger partial charge in [-0.25, -0.2) is 0 Å². The zero-order valence-corrected chi connectivity index (χ0v) is 26.9. The van der Waals surface area contributed by atoms with Crippen LogP contribution in [0, 0.1) is 11.8 Å². The number of nitrogens with two attached hydrogens (primary N) is 1. The lowest BCUT2D eigenvalue weighted by atomic mass is 9.82. The van der Waals surface area contributed by atoms with Crippen molar-refractivity contribution in [3.8, 4) is 0 Å². The highest BCUT2D eigenvalue weighted by Gasteiger charge is 2.25. The molecule has 1 aliphatic carbocycles. The SMILES string of the molecule is C=C/C=C\C.CC.CC(N)Cc1ccccc1.CC1CCCC(C(=O)NCC(NC=O)c2ccccc2)C1.CCC. The lowest BCUT2D eigenvalue weighted by molar-refractivity contribution is -0.126. The summed E-state index contributed by atoms with van der Waals surface area (Å²) in [5.74, 6) is 0.879. The first kappa shape index (κ1) is 40.0. The standard InChI is InChI=1S/C17H24N2O2.C9H13N.C5H8.C3H8.C2H6/c1-13-6-5-9-15(10-13)17(21)18-11-16(19-12-20)14-7-3-2-4-8-14;1-8(10)7-9-5-3-2-4-6-9;1-3-5-4-2;1-3-2;1-2/h2-4,7-8,12-13,15-16H,5-6,9-11H2,1H3,(H,18,21)(H,19,20);2-6,8H,7,10H2,1H3;3-5H,1H2,2H3;3H2,1-2H3;1-2H3/b;;5-4-;;. The number of hydrogen-bond acceptors (Lipinski definition) is 3. The van der Waals surface area contributed by atoms with Gasteiger partial charge in [-0.1, -0.05) is 139 Å². The molecule has 0 saturated heterocycles. The van der Waals surface area contributed by atoms with E-state index in [-0.39, 0.29) is 23.9 Å². The van der Waals surface area contributed by atoms with Gasteiger partial charge in [-0.2, -0.15) is 0 Å². The molecule has 1 aliphatic rings. The molecule has 2 amide bonds. The van der Waals surface area contributed by atoms with E-state index in [2.05, 4.69) is 50.1 Å². The van der Waals surface area contributed by atoms with E-state index >= 15 is 0 Å². The van der Waals surface area contributed by atoms with Gasteiger partial charge in [-0.15, -0.1) is 0 Å². The van der Waals surface area contributed by atoms with Gasteiger partial charge in [0.1, 0.15) is 0 Å². The number of amides is 2. The molecule has 4 atom stereocenters. The summed E-state index contributed by atoms with van der Waals surface area (Å²) in [5.41, 5.74) is 7.94. The molecule has 1 saturated carbocycles. The van der Waals surface area contributed by atoms with Crippen molar-refractivity contribution in [2.45, 2.75) is 99.1 Å². The highest BCUT2D eigenvalue weighted by molar-refractivity contribution is 5.78. The Morgan fingerprint density at radius 1 is 1.05 bits per heavy atom. The molecular weight excluding hydrogens is 506 g/mol. The minimum Gasteiger partial charge on any atom is -0.353 e. The number of allylic oxidation sites excluding steroid dienone is 3. The van der Waals surface area contributed by atoms with Crippen molar-refractivity contribution >= 4 is 12.3 Å². The van der Waals surface area contributed by atoms with E-state index in [1.807, 2.05) is 88.4 Å². The van der Waals surface area contributed by atoms with Gasteiger partial charge in [0.25, 0.3) is 0 Å². The smallest absolute Gasteiger partial charge is 0.223 e. The first-order valence-corrected chi connectivity index (χ1v) is 15.4. The first-order valence-electron chi connectivity index (χ1n) is 15.4. The third kappa shape index (κ3) is 22.2. The zero-order chi connectivity index (χ0) is 31.3. The fraction of sp³-hybridized carbons (Fsp3) is 0.500. The van der Waals surface area contributed by atoms with Crippen LogP contribution in [0.1, 0.15) is 97.7 Å². The molecule has 4 N–H and O–H groups in total. The van der Waals surface area contributed by atoms with Gasteiger partial charge < -0.3 is 16.4 Å². The van der Waals surface area contributed by atoms with Crippen LogP contribution in [0.15, 0.2) is 85.5 Å². The predicted octanol–water partition coefficient (Wildman–Crippen LogP) is 8.18. The third-order valence-electron chi connectivity index (χ3n) is 5.99. The first-order chi connectivity index (χ1) is 19.8. The van der Waals surface area contributed by atoms with E-state index in [1.165, 1.54) is 18.4 Å². The van der Waals surface area contributed by atoms with Crippen molar-refractivity contribution in [2.75, 3.05) is 6.54 Å². The van der Waals surface area contributed by atoms with Crippen LogP contribution in [-0.2, 0) is 16.0 Å². The number of carbonyl (C=O) groups is 2. The molecule has 41 heavy (non-hydrogen) atoms. The van der Waals surface area contributed by atoms with Crippen molar-refractivity contribution in [2.24, 2.45) is 17.6 Å². The topological polar surface area (TPSA) is 84.2 Å². The Kier molecular flexibility index (Phi) is 27.6. The minimum absolute atomic E-state index is 0.121. The summed E-state index contributed by atoms with van der Waals surface area (Å²) in [7, 11) is 0. The van der Waals surface area contributed by atoms with E-state index in [0.29, 0.717) is 18.9 Å². The predicted molar refractivity (Wildman–Crippen MR) is 179 cm³/mol. The van der Waals surface area contributed by atoms with Crippen molar-refractivity contribution in [3.05, 3.63) is 96.6 Å². The molecule has 2 aromatic carbocycles. The van der Waals surface area contributed by atoms with Crippen LogP contribution in [0.3, 0.4) is 0 Å². The summed E-state index contributed by atoms with van der Waals surface area (Å²) in [4.78, 5) is 23.0.